The van der Waals surface area contributed by atoms with Crippen LogP contribution in [0.3, 0.4) is 0 Å². The molecule has 4 rings (SSSR count). The van der Waals surface area contributed by atoms with Gasteiger partial charge in [0.05, 0.1) is 27.5 Å². The maximum absolute atomic E-state index is 13.4. The Morgan fingerprint density at radius 1 is 1.13 bits per heavy atom. The van der Waals surface area contributed by atoms with E-state index < -0.39 is 21.9 Å². The van der Waals surface area contributed by atoms with Crippen molar-refractivity contribution in [2.45, 2.75) is 20.1 Å². The lowest BCUT2D eigenvalue weighted by molar-refractivity contribution is -0.384. The largest absolute Gasteiger partial charge is 0.490 e. The topological polar surface area (TPSA) is 99.0 Å². The van der Waals surface area contributed by atoms with Gasteiger partial charge in [-0.25, -0.2) is 4.39 Å². The number of carbonyl (C=O) groups is 2. The van der Waals surface area contributed by atoms with E-state index in [2.05, 4.69) is 15.9 Å². The number of hydrogen-bond acceptors (Lipinski definition) is 7. The van der Waals surface area contributed by atoms with Gasteiger partial charge in [-0.05, 0) is 93.8 Å². The minimum absolute atomic E-state index is 0.0144. The Balaban J connectivity index is 1.54. The number of halogens is 3. The molecule has 3 aromatic rings. The molecule has 1 heterocycles. The van der Waals surface area contributed by atoms with Crippen LogP contribution in [-0.2, 0) is 17.9 Å². The molecule has 0 radical (unpaired) electrons. The Bertz CT molecular complexity index is 1450. The highest BCUT2D eigenvalue weighted by atomic mass is 79.9. The molecule has 1 aliphatic rings. The molecule has 0 bridgehead atoms. The van der Waals surface area contributed by atoms with Crippen LogP contribution >= 0.6 is 39.3 Å². The maximum Gasteiger partial charge on any atom is 0.293 e. The van der Waals surface area contributed by atoms with Gasteiger partial charge in [-0.15, -0.1) is 0 Å². The molecular weight excluding hydrogens is 603 g/mol. The van der Waals surface area contributed by atoms with Gasteiger partial charge in [-0.2, -0.15) is 0 Å². The zero-order valence-corrected chi connectivity index (χ0v) is 22.9. The lowest BCUT2D eigenvalue weighted by Crippen LogP contribution is -2.27. The summed E-state index contributed by atoms with van der Waals surface area (Å²) in [5.74, 6) is -0.176. The Morgan fingerprint density at radius 2 is 1.87 bits per heavy atom. The predicted molar refractivity (Wildman–Crippen MR) is 146 cm³/mol. The van der Waals surface area contributed by atoms with Gasteiger partial charge in [0.2, 0.25) is 0 Å². The molecule has 38 heavy (non-hydrogen) atoms. The van der Waals surface area contributed by atoms with Crippen LogP contribution < -0.4 is 9.47 Å². The van der Waals surface area contributed by atoms with E-state index in [9.17, 15) is 24.1 Å². The van der Waals surface area contributed by atoms with Crippen LogP contribution in [0.5, 0.6) is 11.5 Å². The van der Waals surface area contributed by atoms with Crippen molar-refractivity contribution in [1.82, 2.24) is 4.90 Å². The minimum Gasteiger partial charge on any atom is -0.490 e. The van der Waals surface area contributed by atoms with Gasteiger partial charge in [0.15, 0.2) is 11.5 Å². The first-order valence-electron chi connectivity index (χ1n) is 11.2. The second kappa shape index (κ2) is 12.0. The first kappa shape index (κ1) is 27.6. The third kappa shape index (κ3) is 6.35. The SMILES string of the molecule is CCOc1cc(/C=C2/SC(=O)N(Cc3ccc(F)cc3Cl)C2=O)cc(Br)c1OCc1ccc([N+](=O)[O-])cc1. The van der Waals surface area contributed by atoms with Gasteiger partial charge in [0.1, 0.15) is 12.4 Å². The molecule has 0 spiro atoms. The number of thioether (sulfide) groups is 1. The minimum atomic E-state index is -0.511. The van der Waals surface area contributed by atoms with Gasteiger partial charge in [-0.1, -0.05) is 17.7 Å². The third-order valence-electron chi connectivity index (χ3n) is 5.38. The molecule has 0 N–H and O–H groups in total. The summed E-state index contributed by atoms with van der Waals surface area (Å²) in [6.07, 6.45) is 1.57. The van der Waals surface area contributed by atoms with E-state index in [-0.39, 0.29) is 28.8 Å². The van der Waals surface area contributed by atoms with Crippen molar-refractivity contribution >= 4 is 62.2 Å². The summed E-state index contributed by atoms with van der Waals surface area (Å²) in [7, 11) is 0. The molecule has 0 unspecified atom stereocenters. The lowest BCUT2D eigenvalue weighted by atomic mass is 10.1. The first-order valence-corrected chi connectivity index (χ1v) is 13.2. The van der Waals surface area contributed by atoms with Crippen LogP contribution in [0.2, 0.25) is 5.02 Å². The van der Waals surface area contributed by atoms with E-state index >= 15 is 0 Å². The van der Waals surface area contributed by atoms with E-state index in [4.69, 9.17) is 21.1 Å². The lowest BCUT2D eigenvalue weighted by Gasteiger charge is -2.15. The number of hydrogen-bond donors (Lipinski definition) is 0. The van der Waals surface area contributed by atoms with Crippen molar-refractivity contribution in [3.05, 3.63) is 102 Å². The van der Waals surface area contributed by atoms with Crippen molar-refractivity contribution in [2.75, 3.05) is 6.61 Å². The third-order valence-corrected chi connectivity index (χ3v) is 7.23. The Kier molecular flexibility index (Phi) is 8.70. The molecule has 1 aliphatic heterocycles. The number of nitro groups is 1. The number of imide groups is 1. The molecule has 12 heteroatoms. The van der Waals surface area contributed by atoms with E-state index in [0.29, 0.717) is 33.7 Å². The van der Waals surface area contributed by atoms with E-state index in [1.54, 1.807) is 30.3 Å². The fourth-order valence-electron chi connectivity index (χ4n) is 3.55. The molecule has 0 aliphatic carbocycles. The van der Waals surface area contributed by atoms with Gasteiger partial charge in [0.25, 0.3) is 16.8 Å². The Morgan fingerprint density at radius 3 is 2.53 bits per heavy atom. The first-order chi connectivity index (χ1) is 18.2. The molecule has 8 nitrogen and oxygen atoms in total. The monoisotopic (exact) mass is 620 g/mol. The Hall–Kier alpha value is -3.41. The fourth-order valence-corrected chi connectivity index (χ4v) is 5.19. The highest BCUT2D eigenvalue weighted by Crippen LogP contribution is 2.40. The summed E-state index contributed by atoms with van der Waals surface area (Å²) in [5, 5.41) is 10.5. The Labute approximate surface area is 234 Å². The van der Waals surface area contributed by atoms with E-state index in [0.717, 1.165) is 28.3 Å². The van der Waals surface area contributed by atoms with Crippen molar-refractivity contribution in [1.29, 1.82) is 0 Å². The molecule has 1 fully saturated rings. The number of ether oxygens (including phenoxy) is 2. The summed E-state index contributed by atoms with van der Waals surface area (Å²) in [6, 6.07) is 13.2. The van der Waals surface area contributed by atoms with Crippen LogP contribution in [0, 0.1) is 15.9 Å². The average Bonchev–Trinajstić information content (AvgIpc) is 3.12. The van der Waals surface area contributed by atoms with Crippen LogP contribution in [0.25, 0.3) is 6.08 Å². The van der Waals surface area contributed by atoms with Crippen molar-refractivity contribution in [3.8, 4) is 11.5 Å². The molecule has 0 atom stereocenters. The summed E-state index contributed by atoms with van der Waals surface area (Å²) in [5.41, 5.74) is 1.75. The fraction of sp³-hybridized carbons (Fsp3) is 0.154. The van der Waals surface area contributed by atoms with Crippen LogP contribution in [0.15, 0.2) is 64.0 Å². The summed E-state index contributed by atoms with van der Waals surface area (Å²) < 4.78 is 25.6. The number of nitrogens with zero attached hydrogens (tertiary/aromatic N) is 2. The highest BCUT2D eigenvalue weighted by molar-refractivity contribution is 9.10. The molecule has 1 saturated heterocycles. The normalized spacial score (nSPS) is 14.3. The van der Waals surface area contributed by atoms with Crippen molar-refractivity contribution < 1.29 is 28.4 Å². The highest BCUT2D eigenvalue weighted by Gasteiger charge is 2.35. The van der Waals surface area contributed by atoms with Crippen LogP contribution in [0.4, 0.5) is 14.9 Å². The van der Waals surface area contributed by atoms with Crippen LogP contribution in [0.1, 0.15) is 23.6 Å². The van der Waals surface area contributed by atoms with Crippen molar-refractivity contribution in [2.24, 2.45) is 0 Å². The maximum atomic E-state index is 13.4. The standard InChI is InChI=1S/C26H19BrClFN2O6S/c1-2-36-22-10-16(9-20(27)24(22)37-14-15-3-7-19(8-4-15)31(34)35)11-23-25(32)30(26(33)38-23)13-17-5-6-18(29)12-21(17)28/h3-12H,2,13-14H2,1H3/b23-11+. The molecule has 3 aromatic carbocycles. The molecule has 0 aromatic heterocycles. The number of non-ortho nitro benzene ring substituents is 1. The summed E-state index contributed by atoms with van der Waals surface area (Å²) >= 11 is 10.3. The number of rotatable bonds is 9. The van der Waals surface area contributed by atoms with E-state index in [1.165, 1.54) is 24.3 Å². The van der Waals surface area contributed by atoms with Gasteiger partial charge < -0.3 is 9.47 Å². The summed E-state index contributed by atoms with van der Waals surface area (Å²) in [6.45, 7) is 2.22. The second-order valence-electron chi connectivity index (χ2n) is 7.98. The molecule has 196 valence electrons. The summed E-state index contributed by atoms with van der Waals surface area (Å²) in [4.78, 5) is 37.2. The quantitative estimate of drug-likeness (QED) is 0.140. The van der Waals surface area contributed by atoms with Gasteiger partial charge in [-0.3, -0.25) is 24.6 Å². The van der Waals surface area contributed by atoms with Crippen LogP contribution in [-0.4, -0.2) is 27.6 Å². The second-order valence-corrected chi connectivity index (χ2v) is 10.2. The number of carbonyl (C=O) groups excluding carboxylic acids is 2. The average molecular weight is 622 g/mol. The van der Waals surface area contributed by atoms with Crippen molar-refractivity contribution in [3.63, 3.8) is 0 Å². The molecule has 2 amide bonds. The molecular formula is C26H19BrClFN2O6S. The zero-order valence-electron chi connectivity index (χ0n) is 19.8. The number of nitro benzene ring substituents is 1. The number of amides is 2. The van der Waals surface area contributed by atoms with Gasteiger partial charge >= 0.3 is 0 Å². The molecule has 0 saturated carbocycles. The van der Waals surface area contributed by atoms with E-state index in [1.807, 2.05) is 6.92 Å². The smallest absolute Gasteiger partial charge is 0.293 e. The van der Waals surface area contributed by atoms with Gasteiger partial charge in [0, 0.05) is 17.2 Å². The number of benzene rings is 3. The zero-order chi connectivity index (χ0) is 27.4. The predicted octanol–water partition coefficient (Wildman–Crippen LogP) is 7.36.